The molecule has 3 rings (SSSR count). The van der Waals surface area contributed by atoms with Gasteiger partial charge in [-0.05, 0) is 26.0 Å². The fraction of sp³-hybridized carbons (Fsp3) is 0.267. The number of para-hydroxylation sites is 2. The molecule has 2 heterocycles. The zero-order valence-corrected chi connectivity index (χ0v) is 14.1. The largest absolute Gasteiger partial charge is 0.465 e. The first-order valence-corrected chi connectivity index (χ1v) is 8.31. The monoisotopic (exact) mass is 344 g/mol. The second-order valence-corrected chi connectivity index (χ2v) is 5.86. The van der Waals surface area contributed by atoms with Gasteiger partial charge in [0.15, 0.2) is 0 Å². The lowest BCUT2D eigenvalue weighted by molar-refractivity contribution is -0.139. The van der Waals surface area contributed by atoms with Gasteiger partial charge in [-0.15, -0.1) is 10.2 Å². The van der Waals surface area contributed by atoms with Crippen molar-refractivity contribution >= 4 is 28.8 Å². The number of carbonyl (C=O) groups is 1. The molecule has 24 heavy (non-hydrogen) atoms. The number of aryl methyl sites for hydroxylation is 1. The van der Waals surface area contributed by atoms with Crippen LogP contribution in [0.4, 0.5) is 0 Å². The maximum Gasteiger partial charge on any atom is 0.316 e. The Hall–Kier alpha value is -2.68. The third kappa shape index (κ3) is 3.16. The second-order valence-electron chi connectivity index (χ2n) is 4.92. The van der Waals surface area contributed by atoms with Crippen LogP contribution in [0.25, 0.3) is 22.6 Å². The maximum absolute atomic E-state index is 11.4. The standard InChI is InChI=1S/C15H16N6O2S/c1-3-23-12(22)8-24-15-20-19-14(21(15)16)13-9(2)17-10-6-4-5-7-11(10)18-13/h4-7H,3,8,16H2,1-2H3. The van der Waals surface area contributed by atoms with E-state index in [9.17, 15) is 4.79 Å². The van der Waals surface area contributed by atoms with E-state index in [1.54, 1.807) is 6.92 Å². The molecule has 0 fully saturated rings. The molecule has 1 aromatic carbocycles. The van der Waals surface area contributed by atoms with Gasteiger partial charge in [-0.1, -0.05) is 23.9 Å². The van der Waals surface area contributed by atoms with Crippen molar-refractivity contribution in [2.75, 3.05) is 18.2 Å². The summed E-state index contributed by atoms with van der Waals surface area (Å²) in [6.45, 7) is 3.94. The Morgan fingerprint density at radius 2 is 1.96 bits per heavy atom. The van der Waals surface area contributed by atoms with Crippen LogP contribution in [0.2, 0.25) is 0 Å². The highest BCUT2D eigenvalue weighted by Gasteiger charge is 2.18. The van der Waals surface area contributed by atoms with Crippen molar-refractivity contribution in [2.45, 2.75) is 19.0 Å². The second kappa shape index (κ2) is 6.83. The number of rotatable bonds is 5. The predicted octanol–water partition coefficient (Wildman–Crippen LogP) is 1.57. The summed E-state index contributed by atoms with van der Waals surface area (Å²) in [6, 6.07) is 7.57. The van der Waals surface area contributed by atoms with Crippen LogP contribution in [-0.2, 0) is 9.53 Å². The summed E-state index contributed by atoms with van der Waals surface area (Å²) in [5.74, 6) is 6.25. The topological polar surface area (TPSA) is 109 Å². The Balaban J connectivity index is 1.90. The molecular weight excluding hydrogens is 328 g/mol. The minimum atomic E-state index is -0.325. The average Bonchev–Trinajstić information content (AvgIpc) is 2.93. The van der Waals surface area contributed by atoms with Crippen molar-refractivity contribution in [2.24, 2.45) is 0 Å². The summed E-state index contributed by atoms with van der Waals surface area (Å²) in [4.78, 5) is 20.5. The Kier molecular flexibility index (Phi) is 4.61. The van der Waals surface area contributed by atoms with Gasteiger partial charge in [-0.2, -0.15) is 0 Å². The van der Waals surface area contributed by atoms with Crippen molar-refractivity contribution in [1.29, 1.82) is 0 Å². The van der Waals surface area contributed by atoms with Crippen LogP contribution >= 0.6 is 11.8 Å². The number of fused-ring (bicyclic) bond motifs is 1. The van der Waals surface area contributed by atoms with Crippen molar-refractivity contribution in [3.05, 3.63) is 30.0 Å². The van der Waals surface area contributed by atoms with E-state index in [0.29, 0.717) is 29.0 Å². The molecule has 0 aliphatic rings. The summed E-state index contributed by atoms with van der Waals surface area (Å²) in [6.07, 6.45) is 0. The van der Waals surface area contributed by atoms with Crippen LogP contribution in [0.1, 0.15) is 12.6 Å². The molecule has 0 aliphatic heterocycles. The lowest BCUT2D eigenvalue weighted by Crippen LogP contribution is -2.14. The van der Waals surface area contributed by atoms with Gasteiger partial charge in [0.05, 0.1) is 29.1 Å². The van der Waals surface area contributed by atoms with Gasteiger partial charge >= 0.3 is 5.97 Å². The first-order valence-electron chi connectivity index (χ1n) is 7.32. The van der Waals surface area contributed by atoms with Gasteiger partial charge in [-0.25, -0.2) is 14.6 Å². The van der Waals surface area contributed by atoms with Gasteiger partial charge in [0.2, 0.25) is 11.0 Å². The first kappa shape index (κ1) is 16.2. The average molecular weight is 344 g/mol. The molecule has 0 spiro atoms. The molecule has 0 atom stereocenters. The van der Waals surface area contributed by atoms with Crippen molar-refractivity contribution in [1.82, 2.24) is 24.8 Å². The van der Waals surface area contributed by atoms with Crippen LogP contribution in [-0.4, -0.2) is 43.2 Å². The fourth-order valence-corrected chi connectivity index (χ4v) is 2.82. The Labute approximate surface area is 142 Å². The van der Waals surface area contributed by atoms with E-state index in [4.69, 9.17) is 10.6 Å². The summed E-state index contributed by atoms with van der Waals surface area (Å²) in [7, 11) is 0. The summed E-state index contributed by atoms with van der Waals surface area (Å²) < 4.78 is 6.20. The lowest BCUT2D eigenvalue weighted by atomic mass is 10.2. The van der Waals surface area contributed by atoms with E-state index in [1.807, 2.05) is 31.2 Å². The van der Waals surface area contributed by atoms with E-state index < -0.39 is 0 Å². The third-order valence-corrected chi connectivity index (χ3v) is 4.16. The van der Waals surface area contributed by atoms with E-state index in [2.05, 4.69) is 20.2 Å². The number of carbonyl (C=O) groups excluding carboxylic acids is 1. The first-order chi connectivity index (χ1) is 11.6. The van der Waals surface area contributed by atoms with Gasteiger partial charge in [-0.3, -0.25) is 4.79 Å². The van der Waals surface area contributed by atoms with E-state index in [1.165, 1.54) is 4.68 Å². The zero-order valence-electron chi connectivity index (χ0n) is 13.3. The summed E-state index contributed by atoms with van der Waals surface area (Å²) in [5.41, 5.74) is 2.82. The van der Waals surface area contributed by atoms with E-state index in [0.717, 1.165) is 22.8 Å². The molecular formula is C15H16N6O2S. The summed E-state index contributed by atoms with van der Waals surface area (Å²) in [5, 5.41) is 8.52. The predicted molar refractivity (Wildman–Crippen MR) is 90.8 cm³/mol. The van der Waals surface area contributed by atoms with Crippen LogP contribution in [0, 0.1) is 6.92 Å². The highest BCUT2D eigenvalue weighted by Crippen LogP contribution is 2.24. The van der Waals surface area contributed by atoms with Gasteiger partial charge in [0.25, 0.3) is 0 Å². The van der Waals surface area contributed by atoms with Crippen molar-refractivity contribution < 1.29 is 9.53 Å². The fourth-order valence-electron chi connectivity index (χ4n) is 2.16. The molecule has 0 saturated heterocycles. The molecule has 2 N–H and O–H groups in total. The number of hydrogen-bond acceptors (Lipinski definition) is 8. The van der Waals surface area contributed by atoms with Crippen LogP contribution in [0.15, 0.2) is 29.4 Å². The molecule has 0 unspecified atom stereocenters. The number of nitrogens with two attached hydrogens (primary N) is 1. The van der Waals surface area contributed by atoms with Crippen LogP contribution in [0.5, 0.6) is 0 Å². The minimum Gasteiger partial charge on any atom is -0.465 e. The number of aromatic nitrogens is 5. The van der Waals surface area contributed by atoms with Gasteiger partial charge < -0.3 is 10.6 Å². The van der Waals surface area contributed by atoms with Gasteiger partial charge in [0.1, 0.15) is 5.69 Å². The quantitative estimate of drug-likeness (QED) is 0.422. The molecule has 0 aliphatic carbocycles. The summed E-state index contributed by atoms with van der Waals surface area (Å²) >= 11 is 1.16. The number of nitrogens with zero attached hydrogens (tertiary/aromatic N) is 5. The highest BCUT2D eigenvalue weighted by molar-refractivity contribution is 7.99. The van der Waals surface area contributed by atoms with Crippen molar-refractivity contribution in [3.8, 4) is 11.5 Å². The van der Waals surface area contributed by atoms with Gasteiger partial charge in [0, 0.05) is 0 Å². The number of hydrogen-bond donors (Lipinski definition) is 1. The SMILES string of the molecule is CCOC(=O)CSc1nnc(-c2nc3ccccc3nc2C)n1N. The Morgan fingerprint density at radius 3 is 2.67 bits per heavy atom. The van der Waals surface area contributed by atoms with Crippen LogP contribution in [0.3, 0.4) is 0 Å². The number of thioether (sulfide) groups is 1. The molecule has 124 valence electrons. The molecule has 8 nitrogen and oxygen atoms in total. The normalized spacial score (nSPS) is 10.9. The molecule has 0 radical (unpaired) electrons. The molecule has 0 saturated carbocycles. The highest BCUT2D eigenvalue weighted by atomic mass is 32.2. The molecule has 0 bridgehead atoms. The molecule has 2 aromatic heterocycles. The smallest absolute Gasteiger partial charge is 0.316 e. The zero-order chi connectivity index (χ0) is 17.1. The van der Waals surface area contributed by atoms with E-state index in [-0.39, 0.29) is 11.7 Å². The Bertz CT molecular complexity index is 895. The van der Waals surface area contributed by atoms with Crippen molar-refractivity contribution in [3.63, 3.8) is 0 Å². The minimum absolute atomic E-state index is 0.117. The molecule has 9 heteroatoms. The number of ether oxygens (including phenoxy) is 1. The lowest BCUT2D eigenvalue weighted by Gasteiger charge is -2.06. The maximum atomic E-state index is 11.4. The van der Waals surface area contributed by atoms with Crippen LogP contribution < -0.4 is 5.84 Å². The number of esters is 1. The third-order valence-electron chi connectivity index (χ3n) is 3.25. The Morgan fingerprint density at radius 1 is 1.25 bits per heavy atom. The molecule has 0 amide bonds. The number of benzene rings is 1. The molecule has 3 aromatic rings. The number of nitrogen functional groups attached to an aromatic ring is 1. The van der Waals surface area contributed by atoms with E-state index >= 15 is 0 Å².